The molecule has 1 aromatic heterocycles. The zero-order chi connectivity index (χ0) is 12.3. The van der Waals surface area contributed by atoms with Crippen LogP contribution in [0.5, 0.6) is 0 Å². The van der Waals surface area contributed by atoms with Gasteiger partial charge in [-0.25, -0.2) is 14.8 Å². The average molecular weight is 236 g/mol. The number of carboxylic acid groups (broad SMARTS) is 1. The minimum atomic E-state index is -1.15. The van der Waals surface area contributed by atoms with Crippen LogP contribution in [0.25, 0.3) is 0 Å². The summed E-state index contributed by atoms with van der Waals surface area (Å²) in [4.78, 5) is 31.7. The normalized spacial score (nSPS) is 15.6. The van der Waals surface area contributed by atoms with Crippen molar-refractivity contribution in [1.82, 2.24) is 20.2 Å². The first-order valence-corrected chi connectivity index (χ1v) is 5.24. The lowest BCUT2D eigenvalue weighted by atomic mass is 10.3. The molecule has 2 heterocycles. The van der Waals surface area contributed by atoms with E-state index in [0.29, 0.717) is 13.1 Å². The summed E-state index contributed by atoms with van der Waals surface area (Å²) in [6.45, 7) is 2.77. The standard InChI is InChI=1S/C10H12N4O3/c15-9(14-3-1-11-2-4-14)7-5-13-8(6-12-7)10(16)17/h5-6,11H,1-4H2,(H,16,17). The van der Waals surface area contributed by atoms with Gasteiger partial charge in [-0.05, 0) is 0 Å². The van der Waals surface area contributed by atoms with E-state index in [1.165, 1.54) is 6.20 Å². The number of rotatable bonds is 2. The Morgan fingerprint density at radius 1 is 1.18 bits per heavy atom. The molecule has 7 nitrogen and oxygen atoms in total. The fraction of sp³-hybridized carbons (Fsp3) is 0.400. The smallest absolute Gasteiger partial charge is 0.356 e. The van der Waals surface area contributed by atoms with Crippen molar-refractivity contribution in [2.75, 3.05) is 26.2 Å². The van der Waals surface area contributed by atoms with Gasteiger partial charge in [0.25, 0.3) is 5.91 Å². The lowest BCUT2D eigenvalue weighted by Crippen LogP contribution is -2.46. The number of nitrogens with zero attached hydrogens (tertiary/aromatic N) is 3. The van der Waals surface area contributed by atoms with Crippen LogP contribution in [0, 0.1) is 0 Å². The van der Waals surface area contributed by atoms with Gasteiger partial charge in [-0.3, -0.25) is 4.79 Å². The molecule has 0 bridgehead atoms. The first-order valence-electron chi connectivity index (χ1n) is 5.24. The number of aromatic nitrogens is 2. The SMILES string of the molecule is O=C(O)c1cnc(C(=O)N2CCNCC2)cn1. The predicted octanol–water partition coefficient (Wildman–Crippen LogP) is -0.780. The van der Waals surface area contributed by atoms with E-state index in [9.17, 15) is 9.59 Å². The lowest BCUT2D eigenvalue weighted by molar-refractivity contribution is 0.0683. The molecule has 0 aliphatic carbocycles. The summed E-state index contributed by atoms with van der Waals surface area (Å²) in [6, 6.07) is 0. The van der Waals surface area contributed by atoms with Gasteiger partial charge in [0.15, 0.2) is 5.69 Å². The topological polar surface area (TPSA) is 95.4 Å². The van der Waals surface area contributed by atoms with Gasteiger partial charge in [-0.1, -0.05) is 0 Å². The van der Waals surface area contributed by atoms with Crippen LogP contribution in [0.2, 0.25) is 0 Å². The second-order valence-electron chi connectivity index (χ2n) is 3.63. The molecule has 2 N–H and O–H groups in total. The Balaban J connectivity index is 2.10. The maximum atomic E-state index is 11.9. The first kappa shape index (κ1) is 11.5. The molecule has 90 valence electrons. The second-order valence-corrected chi connectivity index (χ2v) is 3.63. The number of hydrogen-bond donors (Lipinski definition) is 2. The van der Waals surface area contributed by atoms with E-state index in [1.54, 1.807) is 4.90 Å². The van der Waals surface area contributed by atoms with E-state index >= 15 is 0 Å². The Hall–Kier alpha value is -2.02. The lowest BCUT2D eigenvalue weighted by Gasteiger charge is -2.26. The van der Waals surface area contributed by atoms with Crippen molar-refractivity contribution in [3.05, 3.63) is 23.8 Å². The zero-order valence-corrected chi connectivity index (χ0v) is 9.09. The molecule has 0 unspecified atom stereocenters. The molecule has 0 saturated carbocycles. The molecule has 1 aliphatic rings. The minimum Gasteiger partial charge on any atom is -0.476 e. The molecule has 1 saturated heterocycles. The summed E-state index contributed by atoms with van der Waals surface area (Å²) in [5, 5.41) is 11.8. The molecule has 0 atom stereocenters. The number of piperazine rings is 1. The van der Waals surface area contributed by atoms with E-state index in [2.05, 4.69) is 15.3 Å². The van der Waals surface area contributed by atoms with Crippen LogP contribution < -0.4 is 5.32 Å². The maximum absolute atomic E-state index is 11.9. The minimum absolute atomic E-state index is 0.165. The van der Waals surface area contributed by atoms with Gasteiger partial charge in [0, 0.05) is 26.2 Å². The molecule has 1 amide bonds. The molecular formula is C10H12N4O3. The Morgan fingerprint density at radius 2 is 1.76 bits per heavy atom. The number of amides is 1. The fourth-order valence-corrected chi connectivity index (χ4v) is 1.58. The Kier molecular flexibility index (Phi) is 3.29. The average Bonchev–Trinajstić information content (AvgIpc) is 2.39. The molecule has 1 fully saturated rings. The predicted molar refractivity (Wildman–Crippen MR) is 57.8 cm³/mol. The molecule has 0 aromatic carbocycles. The van der Waals surface area contributed by atoms with Crippen LogP contribution in [0.1, 0.15) is 21.0 Å². The number of nitrogens with one attached hydrogen (secondary N) is 1. The third-order valence-electron chi connectivity index (χ3n) is 2.49. The molecule has 7 heteroatoms. The Bertz CT molecular complexity index is 426. The summed E-state index contributed by atoms with van der Waals surface area (Å²) in [5.41, 5.74) is 0.0127. The molecule has 0 radical (unpaired) electrons. The number of carbonyl (C=O) groups excluding carboxylic acids is 1. The van der Waals surface area contributed by atoms with Crippen molar-refractivity contribution < 1.29 is 14.7 Å². The van der Waals surface area contributed by atoms with E-state index in [1.807, 2.05) is 0 Å². The number of aromatic carboxylic acids is 1. The van der Waals surface area contributed by atoms with Crippen molar-refractivity contribution in [2.24, 2.45) is 0 Å². The van der Waals surface area contributed by atoms with Crippen LogP contribution in [0.15, 0.2) is 12.4 Å². The van der Waals surface area contributed by atoms with Crippen molar-refractivity contribution in [3.8, 4) is 0 Å². The molecule has 1 aromatic rings. The maximum Gasteiger partial charge on any atom is 0.356 e. The Labute approximate surface area is 97.5 Å². The number of carbonyl (C=O) groups is 2. The van der Waals surface area contributed by atoms with Gasteiger partial charge >= 0.3 is 5.97 Å². The van der Waals surface area contributed by atoms with Crippen LogP contribution in [-0.2, 0) is 0 Å². The Morgan fingerprint density at radius 3 is 2.29 bits per heavy atom. The van der Waals surface area contributed by atoms with Crippen LogP contribution >= 0.6 is 0 Å². The highest BCUT2D eigenvalue weighted by Gasteiger charge is 2.19. The van der Waals surface area contributed by atoms with Gasteiger partial charge in [0.05, 0.1) is 12.4 Å². The van der Waals surface area contributed by atoms with Crippen molar-refractivity contribution >= 4 is 11.9 Å². The highest BCUT2D eigenvalue weighted by Crippen LogP contribution is 2.03. The summed E-state index contributed by atoms with van der Waals surface area (Å²) in [6.07, 6.45) is 2.30. The van der Waals surface area contributed by atoms with Crippen molar-refractivity contribution in [3.63, 3.8) is 0 Å². The van der Waals surface area contributed by atoms with Crippen LogP contribution in [0.3, 0.4) is 0 Å². The monoisotopic (exact) mass is 236 g/mol. The van der Waals surface area contributed by atoms with Crippen LogP contribution in [-0.4, -0.2) is 58.0 Å². The summed E-state index contributed by atoms with van der Waals surface area (Å²) in [7, 11) is 0. The number of hydrogen-bond acceptors (Lipinski definition) is 5. The highest BCUT2D eigenvalue weighted by atomic mass is 16.4. The van der Waals surface area contributed by atoms with Crippen molar-refractivity contribution in [2.45, 2.75) is 0 Å². The van der Waals surface area contributed by atoms with E-state index in [0.717, 1.165) is 19.3 Å². The van der Waals surface area contributed by atoms with Gasteiger partial charge in [-0.2, -0.15) is 0 Å². The second kappa shape index (κ2) is 4.88. The summed E-state index contributed by atoms with van der Waals surface area (Å²) < 4.78 is 0. The largest absolute Gasteiger partial charge is 0.476 e. The van der Waals surface area contributed by atoms with Crippen LogP contribution in [0.4, 0.5) is 0 Å². The third-order valence-corrected chi connectivity index (χ3v) is 2.49. The van der Waals surface area contributed by atoms with E-state index in [-0.39, 0.29) is 17.3 Å². The highest BCUT2D eigenvalue weighted by molar-refractivity contribution is 5.92. The zero-order valence-electron chi connectivity index (χ0n) is 9.09. The molecule has 17 heavy (non-hydrogen) atoms. The first-order chi connectivity index (χ1) is 8.18. The van der Waals surface area contributed by atoms with Crippen molar-refractivity contribution in [1.29, 1.82) is 0 Å². The number of carboxylic acids is 1. The van der Waals surface area contributed by atoms with E-state index in [4.69, 9.17) is 5.11 Å². The summed E-state index contributed by atoms with van der Waals surface area (Å²) in [5.74, 6) is -1.37. The third kappa shape index (κ3) is 2.56. The molecule has 0 spiro atoms. The molecule has 1 aliphatic heterocycles. The van der Waals surface area contributed by atoms with Gasteiger partial charge in [0.2, 0.25) is 0 Å². The fourth-order valence-electron chi connectivity index (χ4n) is 1.58. The van der Waals surface area contributed by atoms with Gasteiger partial charge < -0.3 is 15.3 Å². The molecular weight excluding hydrogens is 224 g/mol. The summed E-state index contributed by atoms with van der Waals surface area (Å²) >= 11 is 0. The quantitative estimate of drug-likeness (QED) is 0.699. The van der Waals surface area contributed by atoms with Gasteiger partial charge in [0.1, 0.15) is 5.69 Å². The van der Waals surface area contributed by atoms with Gasteiger partial charge in [-0.15, -0.1) is 0 Å². The molecule has 2 rings (SSSR count). The van der Waals surface area contributed by atoms with E-state index < -0.39 is 5.97 Å².